The average Bonchev–Trinajstić information content (AvgIpc) is 2.75. The SMILES string of the molecule is CN1C(=O)c2ccc(Oc3cc(F)cc(C#N)c3)c(C(F)F)c2S1(=O)=O. The molecule has 0 unspecified atom stereocenters. The summed E-state index contributed by atoms with van der Waals surface area (Å²) in [6.07, 6.45) is -3.28. The molecule has 0 atom stereocenters. The molecule has 1 aliphatic rings. The number of sulfonamides is 1. The van der Waals surface area contributed by atoms with Gasteiger partial charge < -0.3 is 4.74 Å². The second-order valence-corrected chi connectivity index (χ2v) is 7.23. The lowest BCUT2D eigenvalue weighted by Crippen LogP contribution is -2.25. The van der Waals surface area contributed by atoms with Crippen molar-refractivity contribution in [2.45, 2.75) is 11.3 Å². The molecule has 134 valence electrons. The van der Waals surface area contributed by atoms with Crippen molar-refractivity contribution in [3.8, 4) is 17.6 Å². The van der Waals surface area contributed by atoms with E-state index in [1.54, 1.807) is 6.07 Å². The zero-order valence-electron chi connectivity index (χ0n) is 13.0. The van der Waals surface area contributed by atoms with E-state index in [-0.39, 0.29) is 11.3 Å². The number of carbonyl (C=O) groups excluding carboxylic acids is 1. The van der Waals surface area contributed by atoms with E-state index >= 15 is 0 Å². The fourth-order valence-corrected chi connectivity index (χ4v) is 4.04. The summed E-state index contributed by atoms with van der Waals surface area (Å²) in [6, 6.07) is 6.62. The fraction of sp³-hybridized carbons (Fsp3) is 0.125. The van der Waals surface area contributed by atoms with Crippen LogP contribution in [0.3, 0.4) is 0 Å². The van der Waals surface area contributed by atoms with Gasteiger partial charge in [-0.1, -0.05) is 0 Å². The van der Waals surface area contributed by atoms with Crippen molar-refractivity contribution in [1.29, 1.82) is 5.26 Å². The maximum absolute atomic E-state index is 13.6. The Bertz CT molecular complexity index is 1080. The van der Waals surface area contributed by atoms with Crippen LogP contribution >= 0.6 is 0 Å². The molecular formula is C16H9F3N2O4S. The highest BCUT2D eigenvalue weighted by Crippen LogP contribution is 2.43. The normalized spacial score (nSPS) is 15.1. The summed E-state index contributed by atoms with van der Waals surface area (Å²) in [5.74, 6) is -2.59. The molecule has 0 bridgehead atoms. The van der Waals surface area contributed by atoms with Crippen LogP contribution in [-0.2, 0) is 10.0 Å². The Morgan fingerprint density at radius 2 is 1.92 bits per heavy atom. The Morgan fingerprint density at radius 3 is 2.54 bits per heavy atom. The lowest BCUT2D eigenvalue weighted by molar-refractivity contribution is 0.0891. The third kappa shape index (κ3) is 2.66. The first-order valence-electron chi connectivity index (χ1n) is 7.03. The number of alkyl halides is 2. The van der Waals surface area contributed by atoms with Crippen LogP contribution in [0.2, 0.25) is 0 Å². The Balaban J connectivity index is 2.20. The van der Waals surface area contributed by atoms with E-state index < -0.39 is 49.9 Å². The van der Waals surface area contributed by atoms with E-state index in [1.807, 2.05) is 0 Å². The molecule has 1 aliphatic heterocycles. The molecule has 26 heavy (non-hydrogen) atoms. The topological polar surface area (TPSA) is 87.5 Å². The number of hydrogen-bond donors (Lipinski definition) is 0. The zero-order valence-corrected chi connectivity index (χ0v) is 13.9. The molecule has 0 aliphatic carbocycles. The van der Waals surface area contributed by atoms with Crippen molar-refractivity contribution in [2.75, 3.05) is 7.05 Å². The highest BCUT2D eigenvalue weighted by atomic mass is 32.2. The van der Waals surface area contributed by atoms with Crippen molar-refractivity contribution in [1.82, 2.24) is 4.31 Å². The van der Waals surface area contributed by atoms with Crippen LogP contribution in [0.1, 0.15) is 27.9 Å². The molecule has 0 saturated heterocycles. The van der Waals surface area contributed by atoms with E-state index in [0.29, 0.717) is 4.31 Å². The van der Waals surface area contributed by atoms with E-state index in [9.17, 15) is 26.4 Å². The van der Waals surface area contributed by atoms with Gasteiger partial charge >= 0.3 is 0 Å². The molecule has 6 nitrogen and oxygen atoms in total. The Kier molecular flexibility index (Phi) is 4.12. The molecule has 0 aromatic heterocycles. The number of nitriles is 1. The first kappa shape index (κ1) is 17.8. The van der Waals surface area contributed by atoms with Crippen LogP contribution in [0, 0.1) is 17.1 Å². The quantitative estimate of drug-likeness (QED) is 0.814. The number of hydrogen-bond acceptors (Lipinski definition) is 5. The third-order valence-corrected chi connectivity index (χ3v) is 5.58. The maximum Gasteiger partial charge on any atom is 0.268 e. The van der Waals surface area contributed by atoms with Crippen molar-refractivity contribution in [2.24, 2.45) is 0 Å². The molecule has 0 radical (unpaired) electrons. The number of ether oxygens (including phenoxy) is 1. The monoisotopic (exact) mass is 382 g/mol. The minimum atomic E-state index is -4.45. The second kappa shape index (κ2) is 6.03. The number of amides is 1. The highest BCUT2D eigenvalue weighted by molar-refractivity contribution is 7.90. The first-order chi connectivity index (χ1) is 12.2. The molecule has 0 fully saturated rings. The molecule has 10 heteroatoms. The van der Waals surface area contributed by atoms with Crippen molar-refractivity contribution in [3.63, 3.8) is 0 Å². The summed E-state index contributed by atoms with van der Waals surface area (Å²) in [7, 11) is -3.49. The summed E-state index contributed by atoms with van der Waals surface area (Å²) in [6.45, 7) is 0. The van der Waals surface area contributed by atoms with Crippen molar-refractivity contribution in [3.05, 3.63) is 52.8 Å². The van der Waals surface area contributed by atoms with Gasteiger partial charge in [0.1, 0.15) is 22.2 Å². The van der Waals surface area contributed by atoms with Crippen molar-refractivity contribution < 1.29 is 31.1 Å². The minimum absolute atomic E-state index is 0.109. The van der Waals surface area contributed by atoms with Crippen LogP contribution in [0.25, 0.3) is 0 Å². The molecule has 0 N–H and O–H groups in total. The van der Waals surface area contributed by atoms with Crippen LogP contribution in [0.15, 0.2) is 35.2 Å². The molecule has 1 amide bonds. The van der Waals surface area contributed by atoms with Gasteiger partial charge in [-0.2, -0.15) is 5.26 Å². The van der Waals surface area contributed by atoms with Crippen LogP contribution in [0.4, 0.5) is 13.2 Å². The average molecular weight is 382 g/mol. The summed E-state index contributed by atoms with van der Waals surface area (Å²) < 4.78 is 70.9. The molecule has 2 aromatic rings. The maximum atomic E-state index is 13.6. The van der Waals surface area contributed by atoms with Gasteiger partial charge in [0, 0.05) is 13.1 Å². The highest BCUT2D eigenvalue weighted by Gasteiger charge is 2.43. The summed E-state index contributed by atoms with van der Waals surface area (Å²) in [5.41, 5.74) is -1.50. The van der Waals surface area contributed by atoms with E-state index in [4.69, 9.17) is 10.00 Å². The number of nitrogens with zero attached hydrogens (tertiary/aromatic N) is 2. The summed E-state index contributed by atoms with van der Waals surface area (Å²) in [5, 5.41) is 8.83. The number of halogens is 3. The number of carbonyl (C=O) groups is 1. The van der Waals surface area contributed by atoms with Gasteiger partial charge in [0.2, 0.25) is 0 Å². The third-order valence-electron chi connectivity index (χ3n) is 3.74. The Hall–Kier alpha value is -3.06. The Labute approximate surface area is 146 Å². The summed E-state index contributed by atoms with van der Waals surface area (Å²) >= 11 is 0. The largest absolute Gasteiger partial charge is 0.457 e. The molecule has 1 heterocycles. The standard InChI is InChI=1S/C16H9F3N2O4S/c1-21-16(22)11-2-3-12(13(15(18)19)14(11)26(21,23)24)25-10-5-8(7-20)4-9(17)6-10/h2-6,15H,1H3. The predicted molar refractivity (Wildman–Crippen MR) is 81.9 cm³/mol. The van der Waals surface area contributed by atoms with Crippen LogP contribution in [0.5, 0.6) is 11.5 Å². The first-order valence-corrected chi connectivity index (χ1v) is 8.47. The van der Waals surface area contributed by atoms with E-state index in [1.165, 1.54) is 0 Å². The van der Waals surface area contributed by atoms with Gasteiger partial charge in [-0.25, -0.2) is 25.9 Å². The van der Waals surface area contributed by atoms with Crippen LogP contribution in [-0.4, -0.2) is 25.7 Å². The van der Waals surface area contributed by atoms with Crippen LogP contribution < -0.4 is 4.74 Å². The Morgan fingerprint density at radius 1 is 1.23 bits per heavy atom. The van der Waals surface area contributed by atoms with Gasteiger partial charge in [0.25, 0.3) is 22.4 Å². The fourth-order valence-electron chi connectivity index (χ4n) is 2.55. The molecule has 3 rings (SSSR count). The lowest BCUT2D eigenvalue weighted by atomic mass is 10.1. The predicted octanol–water partition coefficient (Wildman–Crippen LogP) is 3.20. The molecule has 0 spiro atoms. The van der Waals surface area contributed by atoms with Crippen molar-refractivity contribution >= 4 is 15.9 Å². The molecule has 0 saturated carbocycles. The zero-order chi connectivity index (χ0) is 19.2. The number of rotatable bonds is 3. The smallest absolute Gasteiger partial charge is 0.268 e. The van der Waals surface area contributed by atoms with Gasteiger partial charge in [-0.3, -0.25) is 4.79 Å². The van der Waals surface area contributed by atoms with Gasteiger partial charge in [-0.05, 0) is 24.3 Å². The molecular weight excluding hydrogens is 373 g/mol. The number of fused-ring (bicyclic) bond motifs is 1. The summed E-state index contributed by atoms with van der Waals surface area (Å²) in [4.78, 5) is 11.1. The van der Waals surface area contributed by atoms with Gasteiger partial charge in [-0.15, -0.1) is 0 Å². The van der Waals surface area contributed by atoms with E-state index in [2.05, 4.69) is 0 Å². The lowest BCUT2D eigenvalue weighted by Gasteiger charge is -2.14. The molecule has 2 aromatic carbocycles. The minimum Gasteiger partial charge on any atom is -0.457 e. The number of benzene rings is 2. The van der Waals surface area contributed by atoms with E-state index in [0.717, 1.165) is 37.4 Å². The van der Waals surface area contributed by atoms with Gasteiger partial charge in [0.05, 0.1) is 22.8 Å². The second-order valence-electron chi connectivity index (χ2n) is 5.32. The van der Waals surface area contributed by atoms with Gasteiger partial charge in [0.15, 0.2) is 0 Å².